The van der Waals surface area contributed by atoms with Crippen LogP contribution in [0.25, 0.3) is 0 Å². The van der Waals surface area contributed by atoms with Gasteiger partial charge in [-0.15, -0.1) is 0 Å². The molecule has 2 heteroatoms. The minimum absolute atomic E-state index is 0.385. The Morgan fingerprint density at radius 3 is 2.12 bits per heavy atom. The Kier molecular flexibility index (Phi) is 4.02. The molecule has 0 saturated heterocycles. The van der Waals surface area contributed by atoms with Crippen LogP contribution in [0.4, 0.5) is 0 Å². The molecule has 0 aromatic carbocycles. The van der Waals surface area contributed by atoms with E-state index in [1.807, 2.05) is 0 Å². The van der Waals surface area contributed by atoms with Gasteiger partial charge in [-0.05, 0) is 19.5 Å². The fourth-order valence-corrected chi connectivity index (χ4v) is 1.30. The first kappa shape index (κ1) is 8.72. The molecule has 0 saturated carbocycles. The summed E-state index contributed by atoms with van der Waals surface area (Å²) in [5.74, 6) is 0. The number of rotatable bonds is 3. The van der Waals surface area contributed by atoms with E-state index in [9.17, 15) is 0 Å². The van der Waals surface area contributed by atoms with Crippen LogP contribution in [0.5, 0.6) is 0 Å². The monoisotopic (exact) mass is 152 g/mol. The van der Waals surface area contributed by atoms with Gasteiger partial charge in [-0.25, -0.2) is 0 Å². The van der Waals surface area contributed by atoms with Gasteiger partial charge in [0.25, 0.3) is 0 Å². The molecule has 50 valence electrons. The van der Waals surface area contributed by atoms with Crippen molar-refractivity contribution < 1.29 is 0 Å². The van der Waals surface area contributed by atoms with Crippen LogP contribution >= 0.6 is 19.2 Å². The minimum atomic E-state index is 0.385. The van der Waals surface area contributed by atoms with Gasteiger partial charge in [0.15, 0.2) is 0 Å². The molecule has 1 unspecified atom stereocenters. The van der Waals surface area contributed by atoms with Gasteiger partial charge in [0.1, 0.15) is 0 Å². The van der Waals surface area contributed by atoms with Crippen molar-refractivity contribution in [2.75, 3.05) is 0 Å². The molecular formula is C6H14ClP. The molecule has 0 radical (unpaired) electrons. The number of hydrogen-bond acceptors (Lipinski definition) is 0. The maximum absolute atomic E-state index is 5.70. The van der Waals surface area contributed by atoms with E-state index >= 15 is 0 Å². The second-order valence-electron chi connectivity index (χ2n) is 2.73. The zero-order valence-electron chi connectivity index (χ0n) is 5.79. The zero-order chi connectivity index (χ0) is 6.62. The molecule has 0 aliphatic heterocycles. The molecule has 0 spiro atoms. The fraction of sp³-hybridized carbons (Fsp3) is 1.00. The Hall–Kier alpha value is 0.720. The Morgan fingerprint density at radius 1 is 1.50 bits per heavy atom. The molecule has 0 aliphatic carbocycles. The van der Waals surface area contributed by atoms with Crippen LogP contribution in [0.1, 0.15) is 33.6 Å². The van der Waals surface area contributed by atoms with Crippen molar-refractivity contribution in [3.8, 4) is 0 Å². The van der Waals surface area contributed by atoms with Crippen molar-refractivity contribution in [3.63, 3.8) is 0 Å². The molecule has 0 aromatic rings. The van der Waals surface area contributed by atoms with Crippen LogP contribution in [0.2, 0.25) is 0 Å². The first-order valence-electron chi connectivity index (χ1n) is 3.00. The molecular weight excluding hydrogens is 138 g/mol. The molecule has 0 aliphatic rings. The minimum Gasteiger partial charge on any atom is -0.0995 e. The highest BCUT2D eigenvalue weighted by molar-refractivity contribution is 7.69. The lowest BCUT2D eigenvalue weighted by Crippen LogP contribution is -2.09. The first-order chi connectivity index (χ1) is 3.62. The second-order valence-corrected chi connectivity index (χ2v) is 4.84. The fourth-order valence-electron chi connectivity index (χ4n) is 0.672. The van der Waals surface area contributed by atoms with Crippen LogP contribution in [0.15, 0.2) is 0 Å². The van der Waals surface area contributed by atoms with E-state index in [-0.39, 0.29) is 0 Å². The van der Waals surface area contributed by atoms with Crippen molar-refractivity contribution in [1.29, 1.82) is 0 Å². The molecule has 0 rings (SSSR count). The van der Waals surface area contributed by atoms with Crippen molar-refractivity contribution in [2.45, 2.75) is 38.8 Å². The molecule has 1 atom stereocenters. The Bertz CT molecular complexity index is 61.5. The molecule has 8 heavy (non-hydrogen) atoms. The van der Waals surface area contributed by atoms with Gasteiger partial charge in [-0.3, -0.25) is 0 Å². The summed E-state index contributed by atoms with van der Waals surface area (Å²) in [4.78, 5) is 0. The summed E-state index contributed by atoms with van der Waals surface area (Å²) in [5, 5.41) is 0.385. The SMILES string of the molecule is CCCC(C)(C)PCl. The predicted octanol–water partition coefficient (Wildman–Crippen LogP) is 3.40. The molecule has 0 amide bonds. The molecule has 0 heterocycles. The molecule has 0 aromatic heterocycles. The van der Waals surface area contributed by atoms with Crippen molar-refractivity contribution in [1.82, 2.24) is 0 Å². The van der Waals surface area contributed by atoms with E-state index in [4.69, 9.17) is 11.2 Å². The summed E-state index contributed by atoms with van der Waals surface area (Å²) in [6.45, 7) is 6.61. The average Bonchev–Trinajstić information content (AvgIpc) is 1.67. The van der Waals surface area contributed by atoms with Crippen molar-refractivity contribution in [3.05, 3.63) is 0 Å². The van der Waals surface area contributed by atoms with Gasteiger partial charge in [0.2, 0.25) is 0 Å². The third-order valence-electron chi connectivity index (χ3n) is 1.13. The smallest absolute Gasteiger partial charge is 0.00401 e. The van der Waals surface area contributed by atoms with Gasteiger partial charge in [-0.2, -0.15) is 0 Å². The van der Waals surface area contributed by atoms with Gasteiger partial charge < -0.3 is 0 Å². The maximum Gasteiger partial charge on any atom is -0.00401 e. The summed E-state index contributed by atoms with van der Waals surface area (Å²) in [7, 11) is 0.564. The largest absolute Gasteiger partial charge is 0.0995 e. The van der Waals surface area contributed by atoms with Crippen molar-refractivity contribution >= 4 is 19.2 Å². The molecule has 0 bridgehead atoms. The van der Waals surface area contributed by atoms with Crippen LogP contribution in [-0.2, 0) is 0 Å². The topological polar surface area (TPSA) is 0 Å². The van der Waals surface area contributed by atoms with Crippen molar-refractivity contribution in [2.24, 2.45) is 0 Å². The van der Waals surface area contributed by atoms with E-state index in [2.05, 4.69) is 20.8 Å². The standard InChI is InChI=1S/C6H14ClP/c1-4-5-6(2,3)8-7/h8H,4-5H2,1-3H3. The van der Waals surface area contributed by atoms with Gasteiger partial charge in [0.05, 0.1) is 0 Å². The van der Waals surface area contributed by atoms with Crippen LogP contribution in [-0.4, -0.2) is 5.16 Å². The summed E-state index contributed by atoms with van der Waals surface area (Å²) >= 11 is 5.70. The summed E-state index contributed by atoms with van der Waals surface area (Å²) in [6.07, 6.45) is 2.49. The number of hydrogen-bond donors (Lipinski definition) is 0. The van der Waals surface area contributed by atoms with E-state index in [1.165, 1.54) is 12.8 Å². The quantitative estimate of drug-likeness (QED) is 0.544. The Balaban J connectivity index is 3.37. The summed E-state index contributed by atoms with van der Waals surface area (Å²) in [6, 6.07) is 0. The number of halogens is 1. The van der Waals surface area contributed by atoms with E-state index in [0.717, 1.165) is 0 Å². The van der Waals surface area contributed by atoms with E-state index in [1.54, 1.807) is 0 Å². The second kappa shape index (κ2) is 3.69. The summed E-state index contributed by atoms with van der Waals surface area (Å²) in [5.41, 5.74) is 0. The maximum atomic E-state index is 5.70. The normalized spacial score (nSPS) is 13.5. The first-order valence-corrected chi connectivity index (χ1v) is 5.01. The van der Waals surface area contributed by atoms with E-state index in [0.29, 0.717) is 13.1 Å². The molecule has 0 nitrogen and oxygen atoms in total. The lowest BCUT2D eigenvalue weighted by molar-refractivity contribution is 0.625. The predicted molar refractivity (Wildman–Crippen MR) is 43.2 cm³/mol. The highest BCUT2D eigenvalue weighted by Gasteiger charge is 2.13. The molecule has 0 N–H and O–H groups in total. The third-order valence-corrected chi connectivity index (χ3v) is 3.43. The lowest BCUT2D eigenvalue weighted by Gasteiger charge is -2.18. The van der Waals surface area contributed by atoms with Crippen LogP contribution in [0.3, 0.4) is 0 Å². The third kappa shape index (κ3) is 3.69. The van der Waals surface area contributed by atoms with Crippen LogP contribution < -0.4 is 0 Å². The van der Waals surface area contributed by atoms with E-state index < -0.39 is 0 Å². The van der Waals surface area contributed by atoms with Crippen LogP contribution in [0, 0.1) is 0 Å². The average molecular weight is 153 g/mol. The van der Waals surface area contributed by atoms with Gasteiger partial charge in [0, 0.05) is 0 Å². The van der Waals surface area contributed by atoms with Gasteiger partial charge in [-0.1, -0.05) is 38.4 Å². The highest BCUT2D eigenvalue weighted by atomic mass is 35.7. The zero-order valence-corrected chi connectivity index (χ0v) is 7.55. The molecule has 0 fully saturated rings. The highest BCUT2D eigenvalue weighted by Crippen LogP contribution is 2.38. The Labute approximate surface area is 58.6 Å². The Morgan fingerprint density at radius 2 is 2.00 bits per heavy atom. The lowest BCUT2D eigenvalue weighted by atomic mass is 10.1. The van der Waals surface area contributed by atoms with Gasteiger partial charge >= 0.3 is 0 Å². The summed E-state index contributed by atoms with van der Waals surface area (Å²) < 4.78 is 0.